The maximum absolute atomic E-state index is 11.7. The van der Waals surface area contributed by atoms with Crippen LogP contribution in [0.15, 0.2) is 0 Å². The Bertz CT molecular complexity index is 497. The predicted molar refractivity (Wildman–Crippen MR) is 67.0 cm³/mol. The van der Waals surface area contributed by atoms with Crippen molar-refractivity contribution in [3.05, 3.63) is 10.4 Å². The highest BCUT2D eigenvalue weighted by Gasteiger charge is 2.32. The molecular formula is C12H14N2O2S. The third-order valence-electron chi connectivity index (χ3n) is 2.92. The largest absolute Gasteiger partial charge is 0.494 e. The number of Topliss-reactive ketones (excluding diaryl/α,β-unsaturated/α-hetero) is 1. The second-order valence-electron chi connectivity index (χ2n) is 4.15. The minimum atomic E-state index is -0.0536. The zero-order valence-electron chi connectivity index (χ0n) is 10.1. The fourth-order valence-electron chi connectivity index (χ4n) is 1.86. The van der Waals surface area contributed by atoms with E-state index in [1.54, 1.807) is 0 Å². The Hall–Kier alpha value is -1.54. The number of hydrogen-bond donors (Lipinski definition) is 0. The zero-order chi connectivity index (χ0) is 12.6. The summed E-state index contributed by atoms with van der Waals surface area (Å²) in [5.74, 6) is 0.370. The summed E-state index contributed by atoms with van der Waals surface area (Å²) in [4.78, 5) is 14.3. The first kappa shape index (κ1) is 11.9. The number of carbonyl (C=O) groups excluding carboxylic acids is 1. The monoisotopic (exact) mass is 250 g/mol. The van der Waals surface area contributed by atoms with Crippen LogP contribution in [-0.4, -0.2) is 26.0 Å². The highest BCUT2D eigenvalue weighted by Crippen LogP contribution is 2.44. The van der Waals surface area contributed by atoms with Gasteiger partial charge in [0.25, 0.3) is 0 Å². The van der Waals surface area contributed by atoms with E-state index >= 15 is 0 Å². The van der Waals surface area contributed by atoms with Crippen LogP contribution < -0.4 is 9.64 Å². The molecular weight excluding hydrogens is 236 g/mol. The summed E-state index contributed by atoms with van der Waals surface area (Å²) >= 11 is 1.33. The highest BCUT2D eigenvalue weighted by molar-refractivity contribution is 7.17. The van der Waals surface area contributed by atoms with Crippen molar-refractivity contribution in [2.24, 2.45) is 0 Å². The average molecular weight is 250 g/mol. The molecule has 1 aliphatic rings. The molecule has 1 saturated carbocycles. The molecule has 0 saturated heterocycles. The Balaban J connectivity index is 2.53. The molecule has 90 valence electrons. The van der Waals surface area contributed by atoms with E-state index in [9.17, 15) is 4.79 Å². The van der Waals surface area contributed by atoms with Gasteiger partial charge >= 0.3 is 0 Å². The Kier molecular flexibility index (Phi) is 3.07. The molecule has 1 aliphatic carbocycles. The lowest BCUT2D eigenvalue weighted by Gasteiger charge is -2.17. The van der Waals surface area contributed by atoms with Gasteiger partial charge in [0.1, 0.15) is 15.9 Å². The Morgan fingerprint density at radius 1 is 1.59 bits per heavy atom. The number of nitriles is 1. The van der Waals surface area contributed by atoms with E-state index in [1.807, 2.05) is 7.05 Å². The fourth-order valence-corrected chi connectivity index (χ4v) is 3.01. The highest BCUT2D eigenvalue weighted by atomic mass is 32.1. The molecule has 0 bridgehead atoms. The van der Waals surface area contributed by atoms with Crippen LogP contribution in [0, 0.1) is 11.3 Å². The van der Waals surface area contributed by atoms with E-state index in [-0.39, 0.29) is 5.78 Å². The lowest BCUT2D eigenvalue weighted by Crippen LogP contribution is -2.20. The van der Waals surface area contributed by atoms with Crippen molar-refractivity contribution < 1.29 is 9.53 Å². The maximum Gasteiger partial charge on any atom is 0.166 e. The molecule has 0 aromatic carbocycles. The molecule has 1 fully saturated rings. The van der Waals surface area contributed by atoms with Gasteiger partial charge in [-0.15, -0.1) is 11.3 Å². The van der Waals surface area contributed by atoms with E-state index < -0.39 is 0 Å². The number of ether oxygens (including phenoxy) is 1. The number of hydrogen-bond acceptors (Lipinski definition) is 5. The number of ketones is 1. The number of methoxy groups -OCH3 is 1. The van der Waals surface area contributed by atoms with Crippen LogP contribution in [0.3, 0.4) is 0 Å². The molecule has 0 atom stereocenters. The number of rotatable bonds is 4. The Morgan fingerprint density at radius 2 is 2.24 bits per heavy atom. The summed E-state index contributed by atoms with van der Waals surface area (Å²) in [5.41, 5.74) is 0.545. The lowest BCUT2D eigenvalue weighted by molar-refractivity contribution is 0.101. The summed E-state index contributed by atoms with van der Waals surface area (Å²) in [6.45, 7) is 1.51. The molecule has 0 N–H and O–H groups in total. The normalized spacial score (nSPS) is 14.2. The third-order valence-corrected chi connectivity index (χ3v) is 4.08. The summed E-state index contributed by atoms with van der Waals surface area (Å²) < 4.78 is 5.20. The SMILES string of the molecule is COc1c(C#N)sc(N(C)C2CC2)c1C(C)=O. The van der Waals surface area contributed by atoms with Crippen molar-refractivity contribution in [1.82, 2.24) is 0 Å². The molecule has 5 heteroatoms. The summed E-state index contributed by atoms with van der Waals surface area (Å²) in [5, 5.41) is 9.91. The average Bonchev–Trinajstić information content (AvgIpc) is 3.07. The minimum absolute atomic E-state index is 0.0536. The van der Waals surface area contributed by atoms with Crippen LogP contribution in [-0.2, 0) is 0 Å². The molecule has 1 heterocycles. The van der Waals surface area contributed by atoms with Crippen molar-refractivity contribution >= 4 is 22.1 Å². The first-order chi connectivity index (χ1) is 8.10. The van der Waals surface area contributed by atoms with E-state index in [2.05, 4.69) is 11.0 Å². The standard InChI is InChI=1S/C12H14N2O2S/c1-7(15)10-11(16-3)9(6-13)17-12(10)14(2)8-4-5-8/h8H,4-5H2,1-3H3. The van der Waals surface area contributed by atoms with Crippen LogP contribution in [0.25, 0.3) is 0 Å². The number of anilines is 1. The molecule has 0 spiro atoms. The van der Waals surface area contributed by atoms with Gasteiger partial charge in [-0.05, 0) is 19.8 Å². The maximum atomic E-state index is 11.7. The second-order valence-corrected chi connectivity index (χ2v) is 5.15. The second kappa shape index (κ2) is 4.38. The summed E-state index contributed by atoms with van der Waals surface area (Å²) in [6, 6.07) is 2.59. The molecule has 17 heavy (non-hydrogen) atoms. The van der Waals surface area contributed by atoms with Gasteiger partial charge in [0, 0.05) is 13.1 Å². The molecule has 0 unspecified atom stereocenters. The predicted octanol–water partition coefficient (Wildman–Crippen LogP) is 2.43. The first-order valence-corrected chi connectivity index (χ1v) is 6.26. The van der Waals surface area contributed by atoms with Gasteiger partial charge in [0.15, 0.2) is 11.5 Å². The van der Waals surface area contributed by atoms with E-state index in [0.29, 0.717) is 22.2 Å². The van der Waals surface area contributed by atoms with Crippen LogP contribution in [0.4, 0.5) is 5.00 Å². The van der Waals surface area contributed by atoms with Crippen LogP contribution >= 0.6 is 11.3 Å². The van der Waals surface area contributed by atoms with Crippen LogP contribution in [0.2, 0.25) is 0 Å². The molecule has 0 amide bonds. The van der Waals surface area contributed by atoms with Crippen molar-refractivity contribution in [3.63, 3.8) is 0 Å². The quantitative estimate of drug-likeness (QED) is 0.770. The van der Waals surface area contributed by atoms with Gasteiger partial charge < -0.3 is 9.64 Å². The number of carbonyl (C=O) groups is 1. The smallest absolute Gasteiger partial charge is 0.166 e. The van der Waals surface area contributed by atoms with Crippen molar-refractivity contribution in [2.45, 2.75) is 25.8 Å². The number of nitrogens with zero attached hydrogens (tertiary/aromatic N) is 2. The van der Waals surface area contributed by atoms with Gasteiger partial charge in [0.05, 0.1) is 12.7 Å². The van der Waals surface area contributed by atoms with Crippen LogP contribution in [0.5, 0.6) is 5.75 Å². The summed E-state index contributed by atoms with van der Waals surface area (Å²) in [6.07, 6.45) is 2.30. The van der Waals surface area contributed by atoms with E-state index in [0.717, 1.165) is 17.8 Å². The minimum Gasteiger partial charge on any atom is -0.494 e. The molecule has 1 aromatic heterocycles. The van der Waals surface area contributed by atoms with Gasteiger partial charge in [-0.3, -0.25) is 4.79 Å². The summed E-state index contributed by atoms with van der Waals surface area (Å²) in [7, 11) is 3.47. The van der Waals surface area contributed by atoms with Gasteiger partial charge in [-0.1, -0.05) is 0 Å². The van der Waals surface area contributed by atoms with E-state index in [4.69, 9.17) is 10.00 Å². The molecule has 0 aliphatic heterocycles. The fraction of sp³-hybridized carbons (Fsp3) is 0.500. The van der Waals surface area contributed by atoms with Gasteiger partial charge in [0.2, 0.25) is 0 Å². The van der Waals surface area contributed by atoms with Crippen molar-refractivity contribution in [2.75, 3.05) is 19.1 Å². The molecule has 2 rings (SSSR count). The van der Waals surface area contributed by atoms with Gasteiger partial charge in [-0.2, -0.15) is 5.26 Å². The van der Waals surface area contributed by atoms with E-state index in [1.165, 1.54) is 25.4 Å². The van der Waals surface area contributed by atoms with Crippen molar-refractivity contribution in [3.8, 4) is 11.8 Å². The topological polar surface area (TPSA) is 53.3 Å². The zero-order valence-corrected chi connectivity index (χ0v) is 10.9. The Morgan fingerprint density at radius 3 is 2.65 bits per heavy atom. The number of thiophene rings is 1. The molecule has 0 radical (unpaired) electrons. The third kappa shape index (κ3) is 2.01. The van der Waals surface area contributed by atoms with Crippen molar-refractivity contribution in [1.29, 1.82) is 5.26 Å². The Labute approximate surface area is 104 Å². The van der Waals surface area contributed by atoms with Gasteiger partial charge in [-0.25, -0.2) is 0 Å². The van der Waals surface area contributed by atoms with Crippen LogP contribution in [0.1, 0.15) is 35.0 Å². The molecule has 4 nitrogen and oxygen atoms in total. The first-order valence-electron chi connectivity index (χ1n) is 5.44. The lowest BCUT2D eigenvalue weighted by atomic mass is 10.2. The molecule has 1 aromatic rings.